The van der Waals surface area contributed by atoms with Gasteiger partial charge in [-0.3, -0.25) is 4.68 Å². The number of rotatable bonds is 6. The SMILES string of the molecule is Cc1nn(C)c(CNCCCN2CCCCC2C)c1Br. The fourth-order valence-corrected chi connectivity index (χ4v) is 3.45. The van der Waals surface area contributed by atoms with Crippen LogP contribution in [-0.4, -0.2) is 40.4 Å². The van der Waals surface area contributed by atoms with Crippen molar-refractivity contribution in [3.8, 4) is 0 Å². The fourth-order valence-electron chi connectivity index (χ4n) is 2.98. The highest BCUT2D eigenvalue weighted by molar-refractivity contribution is 9.10. The van der Waals surface area contributed by atoms with Gasteiger partial charge < -0.3 is 10.2 Å². The van der Waals surface area contributed by atoms with Gasteiger partial charge in [0.1, 0.15) is 0 Å². The molecular weight excluding hydrogens is 316 g/mol. The van der Waals surface area contributed by atoms with E-state index >= 15 is 0 Å². The number of piperidine rings is 1. The van der Waals surface area contributed by atoms with Crippen LogP contribution in [0, 0.1) is 6.92 Å². The molecule has 1 atom stereocenters. The minimum Gasteiger partial charge on any atom is -0.311 e. The number of hydrogen-bond acceptors (Lipinski definition) is 3. The van der Waals surface area contributed by atoms with Crippen molar-refractivity contribution >= 4 is 15.9 Å². The molecule has 0 bridgehead atoms. The summed E-state index contributed by atoms with van der Waals surface area (Å²) in [6.07, 6.45) is 5.37. The van der Waals surface area contributed by atoms with Crippen molar-refractivity contribution in [3.05, 3.63) is 15.9 Å². The zero-order chi connectivity index (χ0) is 14.5. The zero-order valence-electron chi connectivity index (χ0n) is 13.0. The highest BCUT2D eigenvalue weighted by Gasteiger charge is 2.17. The predicted molar refractivity (Wildman–Crippen MR) is 86.9 cm³/mol. The largest absolute Gasteiger partial charge is 0.311 e. The van der Waals surface area contributed by atoms with Crippen LogP contribution in [0.5, 0.6) is 0 Å². The molecule has 1 unspecified atom stereocenters. The zero-order valence-corrected chi connectivity index (χ0v) is 14.5. The maximum absolute atomic E-state index is 4.41. The molecule has 0 aromatic carbocycles. The van der Waals surface area contributed by atoms with Crippen molar-refractivity contribution in [3.63, 3.8) is 0 Å². The molecule has 2 heterocycles. The van der Waals surface area contributed by atoms with E-state index in [1.54, 1.807) is 0 Å². The van der Waals surface area contributed by atoms with Crippen LogP contribution in [0.1, 0.15) is 44.0 Å². The Morgan fingerprint density at radius 3 is 2.85 bits per heavy atom. The summed E-state index contributed by atoms with van der Waals surface area (Å²) in [6.45, 7) is 8.86. The van der Waals surface area contributed by atoms with Crippen molar-refractivity contribution in [2.45, 2.75) is 52.1 Å². The summed E-state index contributed by atoms with van der Waals surface area (Å²) >= 11 is 3.61. The standard InChI is InChI=1S/C15H27BrN4/c1-12-7-4-5-9-20(12)10-6-8-17-11-14-15(16)13(2)18-19(14)3/h12,17H,4-11H2,1-3H3. The number of nitrogens with zero attached hydrogens (tertiary/aromatic N) is 3. The van der Waals surface area contributed by atoms with Crippen LogP contribution >= 0.6 is 15.9 Å². The molecule has 1 aromatic heterocycles. The Labute approximate surface area is 131 Å². The van der Waals surface area contributed by atoms with Crippen LogP contribution in [-0.2, 0) is 13.6 Å². The van der Waals surface area contributed by atoms with Crippen molar-refractivity contribution in [1.29, 1.82) is 0 Å². The Balaban J connectivity index is 1.66. The first kappa shape index (κ1) is 16.0. The molecule has 1 aliphatic heterocycles. The smallest absolute Gasteiger partial charge is 0.0739 e. The van der Waals surface area contributed by atoms with Gasteiger partial charge in [0.25, 0.3) is 0 Å². The Morgan fingerprint density at radius 2 is 2.20 bits per heavy atom. The predicted octanol–water partition coefficient (Wildman–Crippen LogP) is 2.85. The summed E-state index contributed by atoms with van der Waals surface area (Å²) in [7, 11) is 2.00. The maximum Gasteiger partial charge on any atom is 0.0739 e. The summed E-state index contributed by atoms with van der Waals surface area (Å²) in [5, 5.41) is 7.95. The summed E-state index contributed by atoms with van der Waals surface area (Å²) in [5.74, 6) is 0. The molecule has 0 radical (unpaired) electrons. The van der Waals surface area contributed by atoms with Crippen molar-refractivity contribution in [2.24, 2.45) is 7.05 Å². The van der Waals surface area contributed by atoms with Gasteiger partial charge in [0.2, 0.25) is 0 Å². The van der Waals surface area contributed by atoms with E-state index in [2.05, 4.69) is 38.2 Å². The lowest BCUT2D eigenvalue weighted by Gasteiger charge is -2.33. The minimum atomic E-state index is 0.776. The van der Waals surface area contributed by atoms with E-state index in [-0.39, 0.29) is 0 Å². The van der Waals surface area contributed by atoms with Crippen LogP contribution in [0.25, 0.3) is 0 Å². The summed E-state index contributed by atoms with van der Waals surface area (Å²) in [4.78, 5) is 2.63. The molecule has 0 amide bonds. The molecule has 20 heavy (non-hydrogen) atoms. The van der Waals surface area contributed by atoms with Gasteiger partial charge in [0.15, 0.2) is 0 Å². The second-order valence-corrected chi connectivity index (χ2v) is 6.67. The molecule has 0 aliphatic carbocycles. The van der Waals surface area contributed by atoms with Crippen LogP contribution in [0.15, 0.2) is 4.47 Å². The van der Waals surface area contributed by atoms with E-state index in [9.17, 15) is 0 Å². The van der Waals surface area contributed by atoms with Crippen LogP contribution in [0.4, 0.5) is 0 Å². The first-order valence-electron chi connectivity index (χ1n) is 7.72. The molecule has 1 fully saturated rings. The first-order valence-corrected chi connectivity index (χ1v) is 8.51. The molecule has 114 valence electrons. The molecule has 1 saturated heterocycles. The van der Waals surface area contributed by atoms with Gasteiger partial charge in [-0.1, -0.05) is 6.42 Å². The number of halogens is 1. The van der Waals surface area contributed by atoms with E-state index < -0.39 is 0 Å². The highest BCUT2D eigenvalue weighted by atomic mass is 79.9. The third-order valence-corrected chi connectivity index (χ3v) is 5.33. The van der Waals surface area contributed by atoms with Gasteiger partial charge in [0, 0.05) is 19.6 Å². The number of likely N-dealkylation sites (tertiary alicyclic amines) is 1. The molecular formula is C15H27BrN4. The highest BCUT2D eigenvalue weighted by Crippen LogP contribution is 2.20. The lowest BCUT2D eigenvalue weighted by molar-refractivity contribution is 0.159. The van der Waals surface area contributed by atoms with Gasteiger partial charge in [-0.2, -0.15) is 5.10 Å². The Bertz CT molecular complexity index is 430. The quantitative estimate of drug-likeness (QED) is 0.807. The molecule has 1 aliphatic rings. The average molecular weight is 343 g/mol. The Morgan fingerprint density at radius 1 is 1.40 bits per heavy atom. The van der Waals surface area contributed by atoms with Crippen LogP contribution in [0.3, 0.4) is 0 Å². The fraction of sp³-hybridized carbons (Fsp3) is 0.800. The summed E-state index contributed by atoms with van der Waals surface area (Å²) in [6, 6.07) is 0.776. The molecule has 0 spiro atoms. The normalized spacial score (nSPS) is 20.5. The van der Waals surface area contributed by atoms with Gasteiger partial charge >= 0.3 is 0 Å². The van der Waals surface area contributed by atoms with Crippen molar-refractivity contribution < 1.29 is 0 Å². The van der Waals surface area contributed by atoms with Gasteiger partial charge in [0.05, 0.1) is 15.9 Å². The second-order valence-electron chi connectivity index (χ2n) is 5.88. The van der Waals surface area contributed by atoms with Crippen molar-refractivity contribution in [2.75, 3.05) is 19.6 Å². The molecule has 1 aromatic rings. The number of aromatic nitrogens is 2. The number of nitrogens with one attached hydrogen (secondary N) is 1. The average Bonchev–Trinajstić information content (AvgIpc) is 2.66. The lowest BCUT2D eigenvalue weighted by atomic mass is 10.0. The third-order valence-electron chi connectivity index (χ3n) is 4.29. The number of aryl methyl sites for hydroxylation is 2. The van der Waals surface area contributed by atoms with Crippen molar-refractivity contribution in [1.82, 2.24) is 20.0 Å². The van der Waals surface area contributed by atoms with E-state index in [4.69, 9.17) is 0 Å². The topological polar surface area (TPSA) is 33.1 Å². The lowest BCUT2D eigenvalue weighted by Crippen LogP contribution is -2.38. The van der Waals surface area contributed by atoms with Crippen LogP contribution in [0.2, 0.25) is 0 Å². The van der Waals surface area contributed by atoms with Gasteiger partial charge in [-0.25, -0.2) is 0 Å². The monoisotopic (exact) mass is 342 g/mol. The Hall–Kier alpha value is -0.390. The first-order chi connectivity index (χ1) is 9.59. The van der Waals surface area contributed by atoms with Crippen LogP contribution < -0.4 is 5.32 Å². The summed E-state index contributed by atoms with van der Waals surface area (Å²) in [5.41, 5.74) is 2.29. The van der Waals surface area contributed by atoms with E-state index in [1.165, 1.54) is 44.5 Å². The van der Waals surface area contributed by atoms with E-state index in [0.29, 0.717) is 0 Å². The molecule has 1 N–H and O–H groups in total. The Kier molecular flexibility index (Phi) is 6.05. The molecule has 2 rings (SSSR count). The third kappa shape index (κ3) is 4.06. The minimum absolute atomic E-state index is 0.776. The maximum atomic E-state index is 4.41. The summed E-state index contributed by atoms with van der Waals surface area (Å²) < 4.78 is 3.09. The molecule has 5 heteroatoms. The van der Waals surface area contributed by atoms with E-state index in [1.807, 2.05) is 18.7 Å². The molecule has 4 nitrogen and oxygen atoms in total. The molecule has 0 saturated carbocycles. The second kappa shape index (κ2) is 7.57. The number of hydrogen-bond donors (Lipinski definition) is 1. The van der Waals surface area contributed by atoms with Gasteiger partial charge in [-0.05, 0) is 68.7 Å². The van der Waals surface area contributed by atoms with Gasteiger partial charge in [-0.15, -0.1) is 0 Å². The van der Waals surface area contributed by atoms with E-state index in [0.717, 1.165) is 29.3 Å².